The molecule has 29 heavy (non-hydrogen) atoms. The first-order chi connectivity index (χ1) is 13.9. The maximum Gasteiger partial charge on any atom is 0.311 e. The highest BCUT2D eigenvalue weighted by Gasteiger charge is 2.37. The van der Waals surface area contributed by atoms with E-state index in [9.17, 15) is 18.8 Å². The number of ether oxygens (including phenoxy) is 1. The molecule has 4 rings (SSSR count). The lowest BCUT2D eigenvalue weighted by Crippen LogP contribution is -2.27. The molecule has 1 fully saturated rings. The molecule has 1 amide bonds. The minimum absolute atomic E-state index is 0.0473. The van der Waals surface area contributed by atoms with E-state index in [1.807, 2.05) is 13.0 Å². The number of anilines is 1. The van der Waals surface area contributed by atoms with Crippen molar-refractivity contribution in [1.82, 2.24) is 9.38 Å². The molecule has 0 N–H and O–H groups in total. The molecule has 0 bridgehead atoms. The molecule has 1 aliphatic rings. The zero-order chi connectivity index (χ0) is 20.5. The normalized spacial score (nSPS) is 16.4. The first-order valence-electron chi connectivity index (χ1n) is 9.13. The molecule has 1 aliphatic heterocycles. The van der Waals surface area contributed by atoms with Crippen LogP contribution < -0.4 is 10.5 Å². The number of para-hydroxylation sites is 1. The molecule has 2 aromatic heterocycles. The van der Waals surface area contributed by atoms with Crippen molar-refractivity contribution in [2.75, 3.05) is 11.4 Å². The lowest BCUT2D eigenvalue weighted by molar-refractivity contribution is -0.149. The van der Waals surface area contributed by atoms with Gasteiger partial charge in [-0.3, -0.25) is 18.8 Å². The van der Waals surface area contributed by atoms with Crippen LogP contribution in [0.3, 0.4) is 0 Å². The van der Waals surface area contributed by atoms with Gasteiger partial charge in [0, 0.05) is 25.2 Å². The second-order valence-corrected chi connectivity index (χ2v) is 6.98. The molecule has 1 aromatic carbocycles. The number of benzene rings is 1. The van der Waals surface area contributed by atoms with Gasteiger partial charge in [-0.25, -0.2) is 9.37 Å². The summed E-state index contributed by atoms with van der Waals surface area (Å²) in [6, 6.07) is 10.8. The number of amides is 1. The van der Waals surface area contributed by atoms with Gasteiger partial charge in [-0.2, -0.15) is 0 Å². The van der Waals surface area contributed by atoms with E-state index < -0.39 is 17.7 Å². The van der Waals surface area contributed by atoms with Gasteiger partial charge in [0.25, 0.3) is 5.56 Å². The van der Waals surface area contributed by atoms with Crippen molar-refractivity contribution in [3.05, 3.63) is 76.1 Å². The van der Waals surface area contributed by atoms with Crippen LogP contribution in [0.2, 0.25) is 0 Å². The molecule has 0 radical (unpaired) electrons. The Morgan fingerprint density at radius 1 is 1.24 bits per heavy atom. The van der Waals surface area contributed by atoms with E-state index in [2.05, 4.69) is 4.98 Å². The van der Waals surface area contributed by atoms with Crippen LogP contribution in [0.1, 0.15) is 17.7 Å². The molecule has 3 heterocycles. The number of nitrogens with zero attached hydrogens (tertiary/aromatic N) is 3. The summed E-state index contributed by atoms with van der Waals surface area (Å²) in [5.74, 6) is -2.14. The fraction of sp³-hybridized carbons (Fsp3) is 0.238. The van der Waals surface area contributed by atoms with Crippen molar-refractivity contribution >= 4 is 23.2 Å². The van der Waals surface area contributed by atoms with Gasteiger partial charge in [-0.1, -0.05) is 18.2 Å². The lowest BCUT2D eigenvalue weighted by atomic mass is 10.1. The van der Waals surface area contributed by atoms with Gasteiger partial charge in [-0.15, -0.1) is 0 Å². The summed E-state index contributed by atoms with van der Waals surface area (Å²) >= 11 is 0. The van der Waals surface area contributed by atoms with Crippen LogP contribution >= 0.6 is 0 Å². The monoisotopic (exact) mass is 395 g/mol. The summed E-state index contributed by atoms with van der Waals surface area (Å²) in [6.07, 6.45) is 1.63. The number of esters is 1. The Hall–Kier alpha value is -3.55. The van der Waals surface area contributed by atoms with Crippen molar-refractivity contribution in [2.24, 2.45) is 5.92 Å². The fourth-order valence-corrected chi connectivity index (χ4v) is 3.36. The lowest BCUT2D eigenvalue weighted by Gasteiger charge is -2.17. The van der Waals surface area contributed by atoms with E-state index in [0.717, 1.165) is 5.56 Å². The molecule has 7 nitrogen and oxygen atoms in total. The molecule has 1 saturated heterocycles. The first kappa shape index (κ1) is 18.8. The van der Waals surface area contributed by atoms with Crippen LogP contribution in [0.4, 0.5) is 10.1 Å². The van der Waals surface area contributed by atoms with E-state index in [0.29, 0.717) is 11.3 Å². The van der Waals surface area contributed by atoms with Crippen LogP contribution in [-0.4, -0.2) is 27.8 Å². The molecule has 8 heteroatoms. The Morgan fingerprint density at radius 3 is 2.83 bits per heavy atom. The predicted octanol–water partition coefficient (Wildman–Crippen LogP) is 2.24. The number of hydrogen-bond donors (Lipinski definition) is 0. The molecule has 1 atom stereocenters. The largest absolute Gasteiger partial charge is 0.459 e. The van der Waals surface area contributed by atoms with Gasteiger partial charge in [-0.05, 0) is 30.7 Å². The number of hydrogen-bond acceptors (Lipinski definition) is 5. The van der Waals surface area contributed by atoms with Crippen molar-refractivity contribution in [1.29, 1.82) is 0 Å². The number of fused-ring (bicyclic) bond motifs is 1. The number of halogens is 1. The van der Waals surface area contributed by atoms with Crippen molar-refractivity contribution in [2.45, 2.75) is 20.0 Å². The third-order valence-electron chi connectivity index (χ3n) is 4.82. The topological polar surface area (TPSA) is 81.0 Å². The SMILES string of the molecule is Cc1ccc2nc(COC(=O)[C@H]3CC(=O)N(c4ccccc4F)C3)cc(=O)n2c1. The summed E-state index contributed by atoms with van der Waals surface area (Å²) in [5, 5.41) is 0. The molecule has 0 spiro atoms. The van der Waals surface area contributed by atoms with Crippen molar-refractivity contribution in [3.8, 4) is 0 Å². The van der Waals surface area contributed by atoms with E-state index in [1.165, 1.54) is 33.6 Å². The minimum Gasteiger partial charge on any atom is -0.459 e. The Kier molecular flexibility index (Phi) is 4.84. The average molecular weight is 395 g/mol. The van der Waals surface area contributed by atoms with Gasteiger partial charge < -0.3 is 9.64 Å². The van der Waals surface area contributed by atoms with E-state index in [4.69, 9.17) is 4.74 Å². The number of carbonyl (C=O) groups is 2. The van der Waals surface area contributed by atoms with Crippen molar-refractivity contribution < 1.29 is 18.7 Å². The Morgan fingerprint density at radius 2 is 2.03 bits per heavy atom. The second kappa shape index (κ2) is 7.46. The Balaban J connectivity index is 1.45. The fourth-order valence-electron chi connectivity index (χ4n) is 3.36. The molecular weight excluding hydrogens is 377 g/mol. The summed E-state index contributed by atoms with van der Waals surface area (Å²) in [5.41, 5.74) is 1.57. The molecular formula is C21H18FN3O4. The third-order valence-corrected chi connectivity index (χ3v) is 4.82. The maximum absolute atomic E-state index is 14.0. The molecule has 0 aliphatic carbocycles. The van der Waals surface area contributed by atoms with Crippen LogP contribution in [0, 0.1) is 18.7 Å². The third kappa shape index (κ3) is 3.73. The quantitative estimate of drug-likeness (QED) is 0.633. The Labute approximate surface area is 165 Å². The molecule has 0 saturated carbocycles. The van der Waals surface area contributed by atoms with E-state index in [-0.39, 0.29) is 36.7 Å². The van der Waals surface area contributed by atoms with E-state index >= 15 is 0 Å². The minimum atomic E-state index is -0.702. The zero-order valence-electron chi connectivity index (χ0n) is 15.7. The number of carbonyl (C=O) groups excluding carboxylic acids is 2. The number of aromatic nitrogens is 2. The second-order valence-electron chi connectivity index (χ2n) is 6.98. The van der Waals surface area contributed by atoms with Gasteiger partial charge in [0.1, 0.15) is 18.1 Å². The summed E-state index contributed by atoms with van der Waals surface area (Å²) in [4.78, 5) is 42.4. The highest BCUT2D eigenvalue weighted by Crippen LogP contribution is 2.28. The van der Waals surface area contributed by atoms with Crippen LogP contribution in [0.5, 0.6) is 0 Å². The highest BCUT2D eigenvalue weighted by molar-refractivity contribution is 5.99. The Bertz CT molecular complexity index is 1170. The highest BCUT2D eigenvalue weighted by atomic mass is 19.1. The smallest absolute Gasteiger partial charge is 0.311 e. The first-order valence-corrected chi connectivity index (χ1v) is 9.13. The number of aryl methyl sites for hydroxylation is 1. The summed E-state index contributed by atoms with van der Waals surface area (Å²) < 4.78 is 20.7. The standard InChI is InChI=1S/C21H18FN3O4/c1-13-6-7-18-23-15(9-20(27)25(18)10-13)12-29-21(28)14-8-19(26)24(11-14)17-5-3-2-4-16(17)22/h2-7,9-10,14H,8,11-12H2,1H3/t14-/m0/s1. The number of pyridine rings is 1. The summed E-state index contributed by atoms with van der Waals surface area (Å²) in [6.45, 7) is 1.74. The van der Waals surface area contributed by atoms with Gasteiger partial charge in [0.2, 0.25) is 5.91 Å². The van der Waals surface area contributed by atoms with Crippen LogP contribution in [-0.2, 0) is 20.9 Å². The molecule has 0 unspecified atom stereocenters. The van der Waals surface area contributed by atoms with Gasteiger partial charge in [0.15, 0.2) is 0 Å². The number of rotatable bonds is 4. The van der Waals surface area contributed by atoms with Gasteiger partial charge in [0.05, 0.1) is 17.3 Å². The summed E-state index contributed by atoms with van der Waals surface area (Å²) in [7, 11) is 0. The predicted molar refractivity (Wildman–Crippen MR) is 103 cm³/mol. The van der Waals surface area contributed by atoms with Crippen molar-refractivity contribution in [3.63, 3.8) is 0 Å². The van der Waals surface area contributed by atoms with E-state index in [1.54, 1.807) is 18.3 Å². The maximum atomic E-state index is 14.0. The molecule has 148 valence electrons. The van der Waals surface area contributed by atoms with Crippen LogP contribution in [0.15, 0.2) is 53.5 Å². The van der Waals surface area contributed by atoms with Crippen LogP contribution in [0.25, 0.3) is 5.65 Å². The molecule has 3 aromatic rings. The average Bonchev–Trinajstić information content (AvgIpc) is 3.08. The zero-order valence-corrected chi connectivity index (χ0v) is 15.7. The van der Waals surface area contributed by atoms with Gasteiger partial charge >= 0.3 is 5.97 Å².